The van der Waals surface area contributed by atoms with Crippen LogP contribution in [0.5, 0.6) is 0 Å². The molecule has 1 N–H and O–H groups in total. The Morgan fingerprint density at radius 3 is 2.80 bits per heavy atom. The maximum absolute atomic E-state index is 6.21. The average molecular weight is 248 g/mol. The van der Waals surface area contributed by atoms with Gasteiger partial charge >= 0.3 is 0 Å². The Balaban J connectivity index is 2.61. The molecule has 0 aliphatic rings. The molecule has 0 aliphatic carbocycles. The van der Waals surface area contributed by atoms with Crippen LogP contribution < -0.4 is 5.32 Å². The molecule has 0 spiro atoms. The van der Waals surface area contributed by atoms with Crippen LogP contribution in [0.1, 0.15) is 29.8 Å². The summed E-state index contributed by atoms with van der Waals surface area (Å²) in [5, 5.41) is 6.19. The molecule has 1 heterocycles. The first-order valence-electron chi connectivity index (χ1n) is 5.19. The Hall–Kier alpha value is -0.0900. The van der Waals surface area contributed by atoms with Gasteiger partial charge in [-0.3, -0.25) is 0 Å². The van der Waals surface area contributed by atoms with Crippen molar-refractivity contribution in [3.05, 3.63) is 20.8 Å². The van der Waals surface area contributed by atoms with E-state index in [4.69, 9.17) is 16.3 Å². The molecule has 0 radical (unpaired) electrons. The third-order valence-electron chi connectivity index (χ3n) is 2.22. The smallest absolute Gasteiger partial charge is 0.0669 e. The van der Waals surface area contributed by atoms with Gasteiger partial charge in [0.25, 0.3) is 0 Å². The third kappa shape index (κ3) is 3.45. The number of nitrogens with one attached hydrogen (secondary N) is 1. The van der Waals surface area contributed by atoms with Crippen LogP contribution in [-0.4, -0.2) is 20.3 Å². The van der Waals surface area contributed by atoms with Crippen LogP contribution in [0, 0.1) is 6.92 Å². The Morgan fingerprint density at radius 2 is 2.33 bits per heavy atom. The van der Waals surface area contributed by atoms with Gasteiger partial charge in [0.15, 0.2) is 0 Å². The lowest BCUT2D eigenvalue weighted by atomic mass is 10.2. The fourth-order valence-electron chi connectivity index (χ4n) is 1.32. The molecule has 0 amide bonds. The van der Waals surface area contributed by atoms with Crippen molar-refractivity contribution in [2.24, 2.45) is 0 Å². The van der Waals surface area contributed by atoms with E-state index in [9.17, 15) is 0 Å². The molecule has 1 rings (SSSR count). The highest BCUT2D eigenvalue weighted by atomic mass is 35.5. The summed E-state index contributed by atoms with van der Waals surface area (Å²) in [5.74, 6) is 0. The van der Waals surface area contributed by atoms with Gasteiger partial charge in [0.1, 0.15) is 0 Å². The summed E-state index contributed by atoms with van der Waals surface area (Å²) in [5.41, 5.74) is 1.15. The van der Waals surface area contributed by atoms with Crippen LogP contribution in [-0.2, 0) is 4.74 Å². The fourth-order valence-corrected chi connectivity index (χ4v) is 2.74. The van der Waals surface area contributed by atoms with Crippen molar-refractivity contribution < 1.29 is 4.74 Å². The number of hydrogen-bond acceptors (Lipinski definition) is 3. The van der Waals surface area contributed by atoms with E-state index in [0.717, 1.165) is 23.6 Å². The molecule has 0 fully saturated rings. The lowest BCUT2D eigenvalue weighted by molar-refractivity contribution is 0.115. The fraction of sp³-hybridized carbons (Fsp3) is 0.636. The van der Waals surface area contributed by atoms with E-state index >= 15 is 0 Å². The molecule has 86 valence electrons. The van der Waals surface area contributed by atoms with Gasteiger partial charge in [-0.1, -0.05) is 18.5 Å². The maximum atomic E-state index is 6.21. The summed E-state index contributed by atoms with van der Waals surface area (Å²) in [7, 11) is 1.94. The number of likely N-dealkylation sites (N-methyl/N-ethyl adjacent to an activating group) is 1. The lowest BCUT2D eigenvalue weighted by Crippen LogP contribution is -2.21. The van der Waals surface area contributed by atoms with Crippen molar-refractivity contribution in [3.63, 3.8) is 0 Å². The predicted molar refractivity (Wildman–Crippen MR) is 67.0 cm³/mol. The van der Waals surface area contributed by atoms with Gasteiger partial charge in [-0.2, -0.15) is 0 Å². The number of halogens is 1. The second kappa shape index (κ2) is 6.48. The molecule has 1 aromatic rings. The van der Waals surface area contributed by atoms with Gasteiger partial charge in [-0.25, -0.2) is 0 Å². The first kappa shape index (κ1) is 13.0. The van der Waals surface area contributed by atoms with Crippen molar-refractivity contribution in [2.45, 2.75) is 26.3 Å². The molecule has 0 saturated carbocycles. The van der Waals surface area contributed by atoms with E-state index in [2.05, 4.69) is 17.6 Å². The van der Waals surface area contributed by atoms with Crippen molar-refractivity contribution in [2.75, 3.05) is 20.3 Å². The van der Waals surface area contributed by atoms with Crippen LogP contribution in [0.2, 0.25) is 5.02 Å². The van der Waals surface area contributed by atoms with Crippen LogP contribution in [0.4, 0.5) is 0 Å². The second-order valence-electron chi connectivity index (χ2n) is 3.51. The minimum absolute atomic E-state index is 0.211. The van der Waals surface area contributed by atoms with Gasteiger partial charge < -0.3 is 10.1 Å². The van der Waals surface area contributed by atoms with Crippen LogP contribution >= 0.6 is 22.9 Å². The quantitative estimate of drug-likeness (QED) is 0.778. The first-order chi connectivity index (χ1) is 7.20. The highest BCUT2D eigenvalue weighted by molar-refractivity contribution is 7.10. The molecule has 0 saturated heterocycles. The highest BCUT2D eigenvalue weighted by Crippen LogP contribution is 2.32. The largest absolute Gasteiger partial charge is 0.379 e. The number of thiophene rings is 1. The minimum atomic E-state index is 0.211. The second-order valence-corrected chi connectivity index (χ2v) is 4.80. The zero-order valence-corrected chi connectivity index (χ0v) is 11.0. The standard InChI is InChI=1S/C11H18ClNOS/c1-4-5-14-6-9(13-3)11-10(12)8(2)7-15-11/h7,9,13H,4-6H2,1-3H3. The van der Waals surface area contributed by atoms with E-state index in [1.807, 2.05) is 14.0 Å². The number of hydrogen-bond donors (Lipinski definition) is 1. The monoisotopic (exact) mass is 247 g/mol. The highest BCUT2D eigenvalue weighted by Gasteiger charge is 2.16. The topological polar surface area (TPSA) is 21.3 Å². The van der Waals surface area contributed by atoms with Crippen molar-refractivity contribution in [1.82, 2.24) is 5.32 Å². The average Bonchev–Trinajstić information content (AvgIpc) is 2.56. The van der Waals surface area contributed by atoms with Gasteiger partial charge in [0.05, 0.1) is 17.7 Å². The normalized spacial score (nSPS) is 13.1. The molecular formula is C11H18ClNOS. The Labute approximate surface area is 101 Å². The van der Waals surface area contributed by atoms with Crippen molar-refractivity contribution in [3.8, 4) is 0 Å². The molecule has 4 heteroatoms. The Morgan fingerprint density at radius 1 is 1.60 bits per heavy atom. The SMILES string of the molecule is CCCOCC(NC)c1scc(C)c1Cl. The van der Waals surface area contributed by atoms with Crippen LogP contribution in [0.3, 0.4) is 0 Å². The summed E-state index contributed by atoms with van der Waals surface area (Å²) in [6, 6.07) is 0.211. The summed E-state index contributed by atoms with van der Waals surface area (Å²) in [6.07, 6.45) is 1.05. The molecule has 0 aliphatic heterocycles. The van der Waals surface area contributed by atoms with E-state index in [1.165, 1.54) is 4.88 Å². The van der Waals surface area contributed by atoms with Gasteiger partial charge in [-0.15, -0.1) is 11.3 Å². The molecule has 1 atom stereocenters. The molecular weight excluding hydrogens is 230 g/mol. The Bertz CT molecular complexity index is 301. The number of aryl methyl sites for hydroxylation is 1. The van der Waals surface area contributed by atoms with Crippen LogP contribution in [0.15, 0.2) is 5.38 Å². The van der Waals surface area contributed by atoms with Crippen molar-refractivity contribution in [1.29, 1.82) is 0 Å². The predicted octanol–water partition coefficient (Wildman–Crippen LogP) is 3.40. The number of rotatable bonds is 6. The first-order valence-corrected chi connectivity index (χ1v) is 6.45. The van der Waals surface area contributed by atoms with Gasteiger partial charge in [0, 0.05) is 11.5 Å². The molecule has 1 aromatic heterocycles. The number of ether oxygens (including phenoxy) is 1. The van der Waals surface area contributed by atoms with Crippen molar-refractivity contribution >= 4 is 22.9 Å². The van der Waals surface area contributed by atoms with Gasteiger partial charge in [0.2, 0.25) is 0 Å². The summed E-state index contributed by atoms with van der Waals surface area (Å²) in [6.45, 7) is 5.63. The van der Waals surface area contributed by atoms with E-state index in [0.29, 0.717) is 6.61 Å². The minimum Gasteiger partial charge on any atom is -0.379 e. The third-order valence-corrected chi connectivity index (χ3v) is 4.05. The van der Waals surface area contributed by atoms with Crippen LogP contribution in [0.25, 0.3) is 0 Å². The zero-order chi connectivity index (χ0) is 11.3. The molecule has 2 nitrogen and oxygen atoms in total. The van der Waals surface area contributed by atoms with E-state index < -0.39 is 0 Å². The van der Waals surface area contributed by atoms with E-state index in [-0.39, 0.29) is 6.04 Å². The van der Waals surface area contributed by atoms with E-state index in [1.54, 1.807) is 11.3 Å². The summed E-state index contributed by atoms with van der Waals surface area (Å²) >= 11 is 7.90. The molecule has 0 bridgehead atoms. The summed E-state index contributed by atoms with van der Waals surface area (Å²) in [4.78, 5) is 1.17. The summed E-state index contributed by atoms with van der Waals surface area (Å²) < 4.78 is 5.54. The molecule has 0 aromatic carbocycles. The maximum Gasteiger partial charge on any atom is 0.0669 e. The van der Waals surface area contributed by atoms with Gasteiger partial charge in [-0.05, 0) is 31.3 Å². The molecule has 15 heavy (non-hydrogen) atoms. The lowest BCUT2D eigenvalue weighted by Gasteiger charge is -2.15. The molecule has 1 unspecified atom stereocenters. The zero-order valence-electron chi connectivity index (χ0n) is 9.47. The Kier molecular flexibility index (Phi) is 5.61.